The van der Waals surface area contributed by atoms with Gasteiger partial charge in [0.1, 0.15) is 6.04 Å². The predicted molar refractivity (Wildman–Crippen MR) is 84.5 cm³/mol. The van der Waals surface area contributed by atoms with Gasteiger partial charge in [-0.1, -0.05) is 0 Å². The van der Waals surface area contributed by atoms with Crippen molar-refractivity contribution in [3.05, 3.63) is 47.0 Å². The van der Waals surface area contributed by atoms with Crippen molar-refractivity contribution in [2.75, 3.05) is 27.6 Å². The van der Waals surface area contributed by atoms with Crippen molar-refractivity contribution in [2.24, 2.45) is 0 Å². The summed E-state index contributed by atoms with van der Waals surface area (Å²) in [6.45, 7) is 1.34. The van der Waals surface area contributed by atoms with Crippen LogP contribution in [-0.4, -0.2) is 27.6 Å². The smallest absolute Gasteiger partial charge is 0.231 e. The molecular formula is C18H20NO4+. The number of methoxy groups -OCH3 is 2. The van der Waals surface area contributed by atoms with Crippen LogP contribution in [0.5, 0.6) is 23.0 Å². The minimum absolute atomic E-state index is 0.230. The fraction of sp³-hybridized carbons (Fsp3) is 0.333. The lowest BCUT2D eigenvalue weighted by Gasteiger charge is -2.25. The molecule has 0 bridgehead atoms. The normalized spacial score (nSPS) is 18.4. The maximum atomic E-state index is 5.52. The minimum Gasteiger partial charge on any atom is -0.493 e. The first kappa shape index (κ1) is 14.2. The third-order valence-electron chi connectivity index (χ3n) is 4.55. The van der Waals surface area contributed by atoms with E-state index in [1.54, 1.807) is 14.2 Å². The van der Waals surface area contributed by atoms with Gasteiger partial charge in [0.25, 0.3) is 0 Å². The van der Waals surface area contributed by atoms with E-state index in [1.165, 1.54) is 16.7 Å². The molecule has 0 saturated heterocycles. The Labute approximate surface area is 135 Å². The molecular weight excluding hydrogens is 294 g/mol. The van der Waals surface area contributed by atoms with Gasteiger partial charge in [-0.2, -0.15) is 0 Å². The molecule has 2 aliphatic heterocycles. The van der Waals surface area contributed by atoms with Crippen LogP contribution in [0.1, 0.15) is 22.7 Å². The van der Waals surface area contributed by atoms with E-state index in [4.69, 9.17) is 18.9 Å². The topological polar surface area (TPSA) is 53.5 Å². The average Bonchev–Trinajstić information content (AvgIpc) is 3.07. The highest BCUT2D eigenvalue weighted by molar-refractivity contribution is 5.52. The third kappa shape index (κ3) is 2.37. The molecule has 5 heteroatoms. The van der Waals surface area contributed by atoms with E-state index in [0.717, 1.165) is 36.0 Å². The standard InChI is InChI=1S/C18H19NO4/c1-20-15-7-11-5-6-19-18(13(11)9-16(15)21-2)12-3-4-14-17(8-12)23-10-22-14/h3-4,7-9,18-19H,5-6,10H2,1-2H3/p+1/t18-/m0/s1. The van der Waals surface area contributed by atoms with Gasteiger partial charge in [-0.3, -0.25) is 0 Å². The largest absolute Gasteiger partial charge is 0.493 e. The number of quaternary nitrogens is 1. The van der Waals surface area contributed by atoms with Gasteiger partial charge in [0.15, 0.2) is 23.0 Å². The van der Waals surface area contributed by atoms with Gasteiger partial charge in [0, 0.05) is 17.5 Å². The van der Waals surface area contributed by atoms with Crippen LogP contribution in [0.25, 0.3) is 0 Å². The van der Waals surface area contributed by atoms with E-state index in [1.807, 2.05) is 6.07 Å². The van der Waals surface area contributed by atoms with Gasteiger partial charge in [-0.05, 0) is 35.9 Å². The lowest BCUT2D eigenvalue weighted by Crippen LogP contribution is -2.87. The van der Waals surface area contributed by atoms with Crippen LogP contribution < -0.4 is 24.3 Å². The summed E-state index contributed by atoms with van der Waals surface area (Å²) in [6.07, 6.45) is 1.02. The number of ether oxygens (including phenoxy) is 4. The van der Waals surface area contributed by atoms with E-state index in [9.17, 15) is 0 Å². The molecule has 0 amide bonds. The van der Waals surface area contributed by atoms with Gasteiger partial charge < -0.3 is 24.3 Å². The van der Waals surface area contributed by atoms with Crippen LogP contribution >= 0.6 is 0 Å². The Balaban J connectivity index is 1.78. The second-order valence-corrected chi connectivity index (χ2v) is 5.77. The molecule has 120 valence electrons. The molecule has 2 N–H and O–H groups in total. The Morgan fingerprint density at radius 1 is 1.00 bits per heavy atom. The molecule has 0 saturated carbocycles. The molecule has 23 heavy (non-hydrogen) atoms. The minimum atomic E-state index is 0.230. The fourth-order valence-corrected chi connectivity index (χ4v) is 3.40. The third-order valence-corrected chi connectivity index (χ3v) is 4.55. The van der Waals surface area contributed by atoms with Gasteiger partial charge in [0.2, 0.25) is 6.79 Å². The summed E-state index contributed by atoms with van der Waals surface area (Å²) < 4.78 is 21.8. The Morgan fingerprint density at radius 2 is 1.78 bits per heavy atom. The molecule has 0 radical (unpaired) electrons. The van der Waals surface area contributed by atoms with Crippen molar-refractivity contribution >= 4 is 0 Å². The number of nitrogens with two attached hydrogens (primary N) is 1. The van der Waals surface area contributed by atoms with Crippen molar-refractivity contribution in [1.82, 2.24) is 0 Å². The summed E-state index contributed by atoms with van der Waals surface area (Å²) >= 11 is 0. The zero-order valence-corrected chi connectivity index (χ0v) is 13.3. The van der Waals surface area contributed by atoms with Gasteiger partial charge in [-0.15, -0.1) is 0 Å². The first-order valence-electron chi connectivity index (χ1n) is 7.78. The van der Waals surface area contributed by atoms with Gasteiger partial charge >= 0.3 is 0 Å². The first-order valence-corrected chi connectivity index (χ1v) is 7.78. The number of rotatable bonds is 3. The SMILES string of the molecule is COc1cc2c(cc1OC)[C@H](c1ccc3c(c1)OCO3)[NH2+]CC2. The number of fused-ring (bicyclic) bond motifs is 2. The first-order chi connectivity index (χ1) is 11.3. The number of hydrogen-bond donors (Lipinski definition) is 1. The second-order valence-electron chi connectivity index (χ2n) is 5.77. The summed E-state index contributed by atoms with van der Waals surface area (Å²) in [6, 6.07) is 10.6. The van der Waals surface area contributed by atoms with Crippen molar-refractivity contribution in [1.29, 1.82) is 0 Å². The zero-order valence-electron chi connectivity index (χ0n) is 13.3. The number of benzene rings is 2. The highest BCUT2D eigenvalue weighted by atomic mass is 16.7. The Bertz CT molecular complexity index is 744. The molecule has 0 aliphatic carbocycles. The van der Waals surface area contributed by atoms with Crippen molar-refractivity contribution in [3.8, 4) is 23.0 Å². The van der Waals surface area contributed by atoms with Crippen LogP contribution in [0.4, 0.5) is 0 Å². The summed E-state index contributed by atoms with van der Waals surface area (Å²) in [5.41, 5.74) is 3.79. The molecule has 0 fully saturated rings. The molecule has 0 unspecified atom stereocenters. The molecule has 2 aromatic carbocycles. The van der Waals surface area contributed by atoms with Crippen molar-refractivity contribution < 1.29 is 24.3 Å². The highest BCUT2D eigenvalue weighted by Gasteiger charge is 2.28. The van der Waals surface area contributed by atoms with E-state index in [-0.39, 0.29) is 6.04 Å². The number of hydrogen-bond acceptors (Lipinski definition) is 4. The average molecular weight is 314 g/mol. The molecule has 4 rings (SSSR count). The molecule has 2 aromatic rings. The maximum absolute atomic E-state index is 5.52. The summed E-state index contributed by atoms with van der Waals surface area (Å²) in [5.74, 6) is 3.20. The van der Waals surface area contributed by atoms with E-state index in [2.05, 4.69) is 29.6 Å². The van der Waals surface area contributed by atoms with E-state index >= 15 is 0 Å². The monoisotopic (exact) mass is 314 g/mol. The van der Waals surface area contributed by atoms with Crippen LogP contribution in [-0.2, 0) is 6.42 Å². The highest BCUT2D eigenvalue weighted by Crippen LogP contribution is 2.38. The molecule has 5 nitrogen and oxygen atoms in total. The lowest BCUT2D eigenvalue weighted by molar-refractivity contribution is -0.690. The van der Waals surface area contributed by atoms with Crippen LogP contribution in [0, 0.1) is 0 Å². The lowest BCUT2D eigenvalue weighted by atomic mass is 9.89. The van der Waals surface area contributed by atoms with Crippen LogP contribution in [0.15, 0.2) is 30.3 Å². The molecule has 2 aliphatic rings. The Morgan fingerprint density at radius 3 is 2.61 bits per heavy atom. The second kappa shape index (κ2) is 5.66. The Hall–Kier alpha value is -2.40. The maximum Gasteiger partial charge on any atom is 0.231 e. The van der Waals surface area contributed by atoms with Gasteiger partial charge in [-0.25, -0.2) is 0 Å². The fourth-order valence-electron chi connectivity index (χ4n) is 3.40. The molecule has 1 atom stereocenters. The van der Waals surface area contributed by atoms with E-state index in [0.29, 0.717) is 6.79 Å². The summed E-state index contributed by atoms with van der Waals surface area (Å²) in [5, 5.41) is 2.35. The summed E-state index contributed by atoms with van der Waals surface area (Å²) in [7, 11) is 3.35. The van der Waals surface area contributed by atoms with Gasteiger partial charge in [0.05, 0.1) is 20.8 Å². The van der Waals surface area contributed by atoms with Crippen molar-refractivity contribution in [3.63, 3.8) is 0 Å². The predicted octanol–water partition coefficient (Wildman–Crippen LogP) is 1.64. The molecule has 0 aromatic heterocycles. The zero-order chi connectivity index (χ0) is 15.8. The van der Waals surface area contributed by atoms with Crippen LogP contribution in [0.3, 0.4) is 0 Å². The van der Waals surface area contributed by atoms with E-state index < -0.39 is 0 Å². The van der Waals surface area contributed by atoms with Crippen molar-refractivity contribution in [2.45, 2.75) is 12.5 Å². The Kier molecular flexibility index (Phi) is 3.50. The molecule has 0 spiro atoms. The quantitative estimate of drug-likeness (QED) is 0.936. The molecule has 2 heterocycles. The summed E-state index contributed by atoms with van der Waals surface area (Å²) in [4.78, 5) is 0. The van der Waals surface area contributed by atoms with Crippen LogP contribution in [0.2, 0.25) is 0 Å².